The Labute approximate surface area is 116 Å². The van der Waals surface area contributed by atoms with Crippen LogP contribution in [0.15, 0.2) is 12.3 Å². The molecule has 0 bridgehead atoms. The Morgan fingerprint density at radius 3 is 2.80 bits per heavy atom. The summed E-state index contributed by atoms with van der Waals surface area (Å²) in [6.45, 7) is 0.577. The molecule has 2 N–H and O–H groups in total. The van der Waals surface area contributed by atoms with Gasteiger partial charge in [-0.1, -0.05) is 12.8 Å². The van der Waals surface area contributed by atoms with Gasteiger partial charge in [-0.15, -0.1) is 0 Å². The van der Waals surface area contributed by atoms with Crippen molar-refractivity contribution in [2.24, 2.45) is 5.92 Å². The van der Waals surface area contributed by atoms with Crippen molar-refractivity contribution >= 4 is 17.4 Å². The highest BCUT2D eigenvalue weighted by Gasteiger charge is 2.23. The van der Waals surface area contributed by atoms with E-state index in [9.17, 15) is 14.9 Å². The van der Waals surface area contributed by atoms with E-state index >= 15 is 0 Å². The van der Waals surface area contributed by atoms with Gasteiger partial charge < -0.3 is 10.6 Å². The second-order valence-corrected chi connectivity index (χ2v) is 4.95. The number of carbonyl (C=O) groups is 1. The lowest BCUT2D eigenvalue weighted by Crippen LogP contribution is -2.29. The van der Waals surface area contributed by atoms with Gasteiger partial charge >= 0.3 is 0 Å². The zero-order valence-electron chi connectivity index (χ0n) is 11.4. The molecule has 0 atom stereocenters. The van der Waals surface area contributed by atoms with Crippen LogP contribution in [0, 0.1) is 16.0 Å². The fourth-order valence-corrected chi connectivity index (χ4v) is 2.46. The fourth-order valence-electron chi connectivity index (χ4n) is 2.46. The first-order valence-corrected chi connectivity index (χ1v) is 6.72. The molecule has 20 heavy (non-hydrogen) atoms. The van der Waals surface area contributed by atoms with Crippen molar-refractivity contribution in [1.29, 1.82) is 0 Å². The molecular formula is C13H18N4O3. The Morgan fingerprint density at radius 1 is 1.50 bits per heavy atom. The van der Waals surface area contributed by atoms with E-state index in [0.717, 1.165) is 19.0 Å². The van der Waals surface area contributed by atoms with E-state index in [2.05, 4.69) is 15.6 Å². The number of hydrogen-bond donors (Lipinski definition) is 2. The van der Waals surface area contributed by atoms with Crippen molar-refractivity contribution in [3.63, 3.8) is 0 Å². The molecule has 1 fully saturated rings. The predicted octanol–water partition coefficient (Wildman–Crippen LogP) is 1.95. The minimum absolute atomic E-state index is 0.0485. The molecule has 7 nitrogen and oxygen atoms in total. The molecule has 0 aliphatic heterocycles. The number of rotatable bonds is 5. The molecule has 0 spiro atoms. The van der Waals surface area contributed by atoms with Crippen LogP contribution in [-0.2, 0) is 0 Å². The molecule has 1 saturated carbocycles. The van der Waals surface area contributed by atoms with Crippen molar-refractivity contribution in [2.45, 2.75) is 25.7 Å². The summed E-state index contributed by atoms with van der Waals surface area (Å²) in [5.41, 5.74) is -0.222. The summed E-state index contributed by atoms with van der Waals surface area (Å²) in [6.07, 6.45) is 5.72. The summed E-state index contributed by atoms with van der Waals surface area (Å²) in [5.74, 6) is 0.507. The Hall–Kier alpha value is -2.18. The maximum atomic E-state index is 12.1. The van der Waals surface area contributed by atoms with Crippen LogP contribution >= 0.6 is 0 Å². The van der Waals surface area contributed by atoms with Gasteiger partial charge in [0.25, 0.3) is 11.6 Å². The van der Waals surface area contributed by atoms with E-state index in [1.54, 1.807) is 7.05 Å². The molecule has 1 amide bonds. The second-order valence-electron chi connectivity index (χ2n) is 4.95. The molecule has 108 valence electrons. The van der Waals surface area contributed by atoms with Crippen molar-refractivity contribution in [1.82, 2.24) is 10.3 Å². The molecule has 1 heterocycles. The van der Waals surface area contributed by atoms with Crippen molar-refractivity contribution in [3.8, 4) is 0 Å². The first-order chi connectivity index (χ1) is 9.61. The number of amides is 1. The van der Waals surface area contributed by atoms with Crippen molar-refractivity contribution in [3.05, 3.63) is 27.9 Å². The van der Waals surface area contributed by atoms with Gasteiger partial charge in [-0.05, 0) is 18.8 Å². The number of nitro groups is 1. The van der Waals surface area contributed by atoms with Gasteiger partial charge in [0.05, 0.1) is 4.92 Å². The lowest BCUT2D eigenvalue weighted by atomic mass is 10.1. The Bertz CT molecular complexity index is 512. The third kappa shape index (κ3) is 3.23. The van der Waals surface area contributed by atoms with Gasteiger partial charge in [0.1, 0.15) is 17.6 Å². The normalized spacial score (nSPS) is 15.1. The maximum absolute atomic E-state index is 12.1. The molecule has 1 aliphatic rings. The molecular weight excluding hydrogens is 260 g/mol. The molecule has 0 radical (unpaired) electrons. The summed E-state index contributed by atoms with van der Waals surface area (Å²) in [5, 5.41) is 16.5. The van der Waals surface area contributed by atoms with E-state index < -0.39 is 10.8 Å². The van der Waals surface area contributed by atoms with Crippen LogP contribution in [0.25, 0.3) is 0 Å². The van der Waals surface area contributed by atoms with Crippen LogP contribution in [0.1, 0.15) is 36.0 Å². The van der Waals surface area contributed by atoms with E-state index in [1.807, 2.05) is 0 Å². The highest BCUT2D eigenvalue weighted by Crippen LogP contribution is 2.24. The van der Waals surface area contributed by atoms with Gasteiger partial charge in [-0.3, -0.25) is 14.9 Å². The van der Waals surface area contributed by atoms with Crippen LogP contribution in [0.5, 0.6) is 0 Å². The molecule has 0 aromatic carbocycles. The highest BCUT2D eigenvalue weighted by atomic mass is 16.6. The zero-order chi connectivity index (χ0) is 14.5. The summed E-state index contributed by atoms with van der Waals surface area (Å²) in [7, 11) is 1.65. The van der Waals surface area contributed by atoms with Crippen LogP contribution < -0.4 is 10.6 Å². The standard InChI is InChI=1S/C13H18N4O3/c1-14-12-6-10(11(8-15-12)17(19)20)13(18)16-7-9-4-2-3-5-9/h6,8-9H,2-5,7H2,1H3,(H,14,15)(H,16,18). The minimum Gasteiger partial charge on any atom is -0.373 e. The van der Waals surface area contributed by atoms with E-state index in [0.29, 0.717) is 18.3 Å². The van der Waals surface area contributed by atoms with Crippen molar-refractivity contribution < 1.29 is 9.72 Å². The van der Waals surface area contributed by atoms with E-state index in [4.69, 9.17) is 0 Å². The number of nitrogens with zero attached hydrogens (tertiary/aromatic N) is 2. The number of aromatic nitrogens is 1. The largest absolute Gasteiger partial charge is 0.373 e. The first kappa shape index (κ1) is 14.2. The summed E-state index contributed by atoms with van der Waals surface area (Å²) in [4.78, 5) is 26.4. The molecule has 0 unspecified atom stereocenters. The minimum atomic E-state index is -0.586. The van der Waals surface area contributed by atoms with Crippen LogP contribution in [0.2, 0.25) is 0 Å². The van der Waals surface area contributed by atoms with Crippen LogP contribution in [0.3, 0.4) is 0 Å². The van der Waals surface area contributed by atoms with E-state index in [1.165, 1.54) is 18.9 Å². The molecule has 1 aromatic heterocycles. The average molecular weight is 278 g/mol. The zero-order valence-corrected chi connectivity index (χ0v) is 11.4. The molecule has 1 aliphatic carbocycles. The first-order valence-electron chi connectivity index (χ1n) is 6.72. The van der Waals surface area contributed by atoms with Gasteiger partial charge in [0.2, 0.25) is 0 Å². The number of anilines is 1. The number of pyridine rings is 1. The summed E-state index contributed by atoms with van der Waals surface area (Å²) >= 11 is 0. The Balaban J connectivity index is 2.11. The molecule has 7 heteroatoms. The summed E-state index contributed by atoms with van der Waals surface area (Å²) < 4.78 is 0. The van der Waals surface area contributed by atoms with E-state index in [-0.39, 0.29) is 11.3 Å². The average Bonchev–Trinajstić information content (AvgIpc) is 2.97. The highest BCUT2D eigenvalue weighted by molar-refractivity contribution is 5.98. The smallest absolute Gasteiger partial charge is 0.300 e. The topological polar surface area (TPSA) is 97.2 Å². The monoisotopic (exact) mass is 278 g/mol. The van der Waals surface area contributed by atoms with Crippen LogP contribution in [-0.4, -0.2) is 29.4 Å². The molecule has 1 aromatic rings. The molecule has 2 rings (SSSR count). The second kappa shape index (κ2) is 6.31. The quantitative estimate of drug-likeness (QED) is 0.633. The van der Waals surface area contributed by atoms with Gasteiger partial charge in [0.15, 0.2) is 0 Å². The van der Waals surface area contributed by atoms with Gasteiger partial charge in [-0.25, -0.2) is 4.98 Å². The lowest BCUT2D eigenvalue weighted by molar-refractivity contribution is -0.385. The van der Waals surface area contributed by atoms with Crippen LogP contribution in [0.4, 0.5) is 11.5 Å². The predicted molar refractivity (Wildman–Crippen MR) is 74.7 cm³/mol. The third-order valence-electron chi connectivity index (χ3n) is 3.61. The third-order valence-corrected chi connectivity index (χ3v) is 3.61. The number of nitrogens with one attached hydrogen (secondary N) is 2. The fraction of sp³-hybridized carbons (Fsp3) is 0.538. The maximum Gasteiger partial charge on any atom is 0.300 e. The number of carbonyl (C=O) groups excluding carboxylic acids is 1. The Kier molecular flexibility index (Phi) is 4.49. The lowest BCUT2D eigenvalue weighted by Gasteiger charge is -2.11. The summed E-state index contributed by atoms with van der Waals surface area (Å²) in [6, 6.07) is 1.40. The Morgan fingerprint density at radius 2 is 2.20 bits per heavy atom. The SMILES string of the molecule is CNc1cc(C(=O)NCC2CCCC2)c([N+](=O)[O-])cn1. The number of hydrogen-bond acceptors (Lipinski definition) is 5. The van der Waals surface area contributed by atoms with Crippen molar-refractivity contribution in [2.75, 3.05) is 18.9 Å². The van der Waals surface area contributed by atoms with Gasteiger partial charge in [0, 0.05) is 19.7 Å². The molecule has 0 saturated heterocycles. The van der Waals surface area contributed by atoms with Gasteiger partial charge in [-0.2, -0.15) is 0 Å².